The molecule has 3 heterocycles. The van der Waals surface area contributed by atoms with Gasteiger partial charge in [0.25, 0.3) is 5.91 Å². The monoisotopic (exact) mass is 507 g/mol. The van der Waals surface area contributed by atoms with Crippen LogP contribution in [0.4, 0.5) is 5.82 Å². The zero-order valence-electron chi connectivity index (χ0n) is 19.1. The highest BCUT2D eigenvalue weighted by atomic mass is 35.5. The van der Waals surface area contributed by atoms with Crippen LogP contribution >= 0.6 is 22.9 Å². The number of pyridine rings is 1. The van der Waals surface area contributed by atoms with Gasteiger partial charge < -0.3 is 20.9 Å². The summed E-state index contributed by atoms with van der Waals surface area (Å²) < 4.78 is 0. The van der Waals surface area contributed by atoms with E-state index in [4.69, 9.17) is 11.6 Å². The van der Waals surface area contributed by atoms with Gasteiger partial charge in [-0.25, -0.2) is 9.97 Å². The topological polar surface area (TPSA) is 137 Å². The summed E-state index contributed by atoms with van der Waals surface area (Å²) in [5, 5.41) is 7.98. The molecule has 1 atom stereocenters. The Bertz CT molecular complexity index is 1070. The van der Waals surface area contributed by atoms with Gasteiger partial charge in [0.1, 0.15) is 11.9 Å². The van der Waals surface area contributed by atoms with Gasteiger partial charge in [0.05, 0.1) is 10.7 Å². The first-order valence-corrected chi connectivity index (χ1v) is 11.8. The Morgan fingerprint density at radius 3 is 2.65 bits per heavy atom. The summed E-state index contributed by atoms with van der Waals surface area (Å²) in [5.41, 5.74) is 0.899. The zero-order valence-corrected chi connectivity index (χ0v) is 20.6. The molecule has 0 saturated heterocycles. The predicted molar refractivity (Wildman–Crippen MR) is 128 cm³/mol. The van der Waals surface area contributed by atoms with E-state index in [2.05, 4.69) is 37.7 Å². The number of amides is 4. The Morgan fingerprint density at radius 1 is 1.24 bits per heavy atom. The fourth-order valence-corrected chi connectivity index (χ4v) is 4.41. The molecule has 11 nitrogen and oxygen atoms in total. The SMILES string of the molecule is CCN1CCc2nc(C(=O)NC(CNC(=O)C(=O)Nc3ccc(Cl)cn3)C(=O)N(C)C)sc2C1. The Balaban J connectivity index is 1.62. The molecule has 3 rings (SSSR count). The van der Waals surface area contributed by atoms with Crippen molar-refractivity contribution in [1.29, 1.82) is 0 Å². The first kappa shape index (κ1) is 25.5. The summed E-state index contributed by atoms with van der Waals surface area (Å²) in [5.74, 6) is -2.75. The van der Waals surface area contributed by atoms with Gasteiger partial charge in [0.15, 0.2) is 5.01 Å². The van der Waals surface area contributed by atoms with Crippen LogP contribution in [0.15, 0.2) is 18.3 Å². The van der Waals surface area contributed by atoms with Gasteiger partial charge in [-0.15, -0.1) is 11.3 Å². The number of halogens is 1. The number of nitrogens with one attached hydrogen (secondary N) is 3. The van der Waals surface area contributed by atoms with Crippen LogP contribution in [-0.2, 0) is 27.3 Å². The minimum absolute atomic E-state index is 0.146. The normalized spacial score (nSPS) is 14.0. The molecule has 4 amide bonds. The van der Waals surface area contributed by atoms with Gasteiger partial charge in [0, 0.05) is 51.2 Å². The van der Waals surface area contributed by atoms with E-state index in [0.717, 1.165) is 36.6 Å². The highest BCUT2D eigenvalue weighted by Gasteiger charge is 2.28. The molecule has 3 N–H and O–H groups in total. The molecule has 182 valence electrons. The number of thiazole rings is 1. The Morgan fingerprint density at radius 2 is 2.00 bits per heavy atom. The minimum Gasteiger partial charge on any atom is -0.347 e. The predicted octanol–water partition coefficient (Wildman–Crippen LogP) is 0.511. The van der Waals surface area contributed by atoms with Crippen LogP contribution in [0.25, 0.3) is 0 Å². The van der Waals surface area contributed by atoms with Crippen molar-refractivity contribution in [3.8, 4) is 0 Å². The van der Waals surface area contributed by atoms with Crippen LogP contribution in [0.5, 0.6) is 0 Å². The van der Waals surface area contributed by atoms with Gasteiger partial charge in [-0.2, -0.15) is 0 Å². The molecule has 1 unspecified atom stereocenters. The van der Waals surface area contributed by atoms with Gasteiger partial charge in [0.2, 0.25) is 5.91 Å². The zero-order chi connectivity index (χ0) is 24.8. The van der Waals surface area contributed by atoms with E-state index in [0.29, 0.717) is 5.02 Å². The quantitative estimate of drug-likeness (QED) is 0.464. The van der Waals surface area contributed by atoms with Crippen LogP contribution in [0, 0.1) is 0 Å². The largest absolute Gasteiger partial charge is 0.347 e. The second-order valence-electron chi connectivity index (χ2n) is 7.79. The second kappa shape index (κ2) is 11.4. The molecule has 2 aromatic rings. The van der Waals surface area contributed by atoms with E-state index in [1.54, 1.807) is 0 Å². The maximum absolute atomic E-state index is 12.8. The lowest BCUT2D eigenvalue weighted by molar-refractivity contribution is -0.136. The summed E-state index contributed by atoms with van der Waals surface area (Å²) >= 11 is 7.05. The van der Waals surface area contributed by atoms with Crippen LogP contribution in [0.2, 0.25) is 5.02 Å². The number of fused-ring (bicyclic) bond motifs is 1. The number of hydrogen-bond donors (Lipinski definition) is 3. The number of rotatable bonds is 7. The minimum atomic E-state index is -1.08. The molecule has 34 heavy (non-hydrogen) atoms. The van der Waals surface area contributed by atoms with Gasteiger partial charge >= 0.3 is 11.8 Å². The maximum atomic E-state index is 12.8. The van der Waals surface area contributed by atoms with E-state index >= 15 is 0 Å². The molecule has 13 heteroatoms. The fourth-order valence-electron chi connectivity index (χ4n) is 3.25. The van der Waals surface area contributed by atoms with E-state index < -0.39 is 29.7 Å². The third-order valence-corrected chi connectivity index (χ3v) is 6.44. The molecule has 0 radical (unpaired) electrons. The highest BCUT2D eigenvalue weighted by Crippen LogP contribution is 2.25. The Hall–Kier alpha value is -3.09. The standard InChI is InChI=1S/C21H26ClN7O4S/c1-4-29-8-7-13-15(11-29)34-20(26-13)19(32)25-14(21(33)28(2)3)10-24-17(30)18(31)27-16-6-5-12(22)9-23-16/h5-6,9,14H,4,7-8,10-11H2,1-3H3,(H,24,30)(H,25,32)(H,23,27,31). The number of hydrogen-bond acceptors (Lipinski definition) is 8. The van der Waals surface area contributed by atoms with E-state index in [1.807, 2.05) is 0 Å². The average Bonchev–Trinajstić information content (AvgIpc) is 3.25. The maximum Gasteiger partial charge on any atom is 0.314 e. The van der Waals surface area contributed by atoms with Gasteiger partial charge in [-0.1, -0.05) is 18.5 Å². The van der Waals surface area contributed by atoms with Crippen molar-refractivity contribution in [1.82, 2.24) is 30.4 Å². The first-order valence-electron chi connectivity index (χ1n) is 10.6. The molecule has 0 saturated carbocycles. The summed E-state index contributed by atoms with van der Waals surface area (Å²) in [7, 11) is 3.06. The molecular weight excluding hydrogens is 482 g/mol. The fraction of sp³-hybridized carbons (Fsp3) is 0.429. The molecule has 0 bridgehead atoms. The number of anilines is 1. The van der Waals surface area contributed by atoms with Crippen molar-refractivity contribution in [3.63, 3.8) is 0 Å². The number of nitrogens with zero attached hydrogens (tertiary/aromatic N) is 4. The van der Waals surface area contributed by atoms with Crippen molar-refractivity contribution in [2.75, 3.05) is 39.0 Å². The molecule has 0 spiro atoms. The number of carbonyl (C=O) groups is 4. The molecule has 1 aliphatic rings. The Labute approximate surface area is 205 Å². The van der Waals surface area contributed by atoms with Crippen LogP contribution in [0.1, 0.15) is 27.3 Å². The molecular formula is C21H26ClN7O4S. The Kier molecular flexibility index (Phi) is 8.53. The summed E-state index contributed by atoms with van der Waals surface area (Å²) in [6, 6.07) is 1.87. The van der Waals surface area contributed by atoms with Crippen molar-refractivity contribution < 1.29 is 19.2 Å². The number of aromatic nitrogens is 2. The molecule has 0 aromatic carbocycles. The third-order valence-electron chi connectivity index (χ3n) is 5.14. The van der Waals surface area contributed by atoms with Crippen LogP contribution in [0.3, 0.4) is 0 Å². The average molecular weight is 508 g/mol. The lowest BCUT2D eigenvalue weighted by Gasteiger charge is -2.23. The molecule has 1 aliphatic heterocycles. The van der Waals surface area contributed by atoms with Crippen molar-refractivity contribution in [2.45, 2.75) is 25.9 Å². The van der Waals surface area contributed by atoms with E-state index in [9.17, 15) is 19.2 Å². The van der Waals surface area contributed by atoms with Crippen LogP contribution < -0.4 is 16.0 Å². The van der Waals surface area contributed by atoms with Gasteiger partial charge in [-0.3, -0.25) is 24.1 Å². The van der Waals surface area contributed by atoms with Gasteiger partial charge in [-0.05, 0) is 18.7 Å². The summed E-state index contributed by atoms with van der Waals surface area (Å²) in [6.45, 7) is 4.34. The molecule has 0 aliphatic carbocycles. The van der Waals surface area contributed by atoms with Crippen LogP contribution in [-0.4, -0.2) is 83.2 Å². The van der Waals surface area contributed by atoms with E-state index in [-0.39, 0.29) is 17.4 Å². The summed E-state index contributed by atoms with van der Waals surface area (Å²) in [4.78, 5) is 62.7. The summed E-state index contributed by atoms with van der Waals surface area (Å²) in [6.07, 6.45) is 2.09. The first-order chi connectivity index (χ1) is 16.2. The number of carbonyl (C=O) groups excluding carboxylic acids is 4. The second-order valence-corrected chi connectivity index (χ2v) is 9.31. The van der Waals surface area contributed by atoms with Crippen molar-refractivity contribution in [3.05, 3.63) is 38.9 Å². The lowest BCUT2D eigenvalue weighted by atomic mass is 10.2. The molecule has 0 fully saturated rings. The van der Waals surface area contributed by atoms with Crippen molar-refractivity contribution >= 4 is 52.4 Å². The smallest absolute Gasteiger partial charge is 0.314 e. The number of likely N-dealkylation sites (N-methyl/N-ethyl adjacent to an activating group) is 2. The highest BCUT2D eigenvalue weighted by molar-refractivity contribution is 7.13. The van der Waals surface area contributed by atoms with Crippen molar-refractivity contribution in [2.24, 2.45) is 0 Å². The molecule has 2 aromatic heterocycles. The third kappa shape index (κ3) is 6.49. The lowest BCUT2D eigenvalue weighted by Crippen LogP contribution is -2.53. The van der Waals surface area contributed by atoms with E-state index in [1.165, 1.54) is 48.7 Å².